The fraction of sp³-hybridized carbons (Fsp3) is 0.757. The van der Waals surface area contributed by atoms with Gasteiger partial charge in [0.1, 0.15) is 13.2 Å². The SMILES string of the molecule is CC/C=C\C/C=C\C/C=C\C/C=C\C/C=C\CCCCCCCCCCCCCCCCCCCCCC(=O)OC(COC(=O)CCCCCCCCCCC/C=C\C/C=C\CCCCC)COC(OCC[N+](C)(C)C)C(=O)O. The lowest BCUT2D eigenvalue weighted by atomic mass is 10.0. The molecule has 1 N–H and O–H groups in total. The van der Waals surface area contributed by atoms with Crippen LogP contribution in [0.25, 0.3) is 0 Å². The molecule has 2 atom stereocenters. The number of rotatable bonds is 60. The number of nitrogens with zero attached hydrogens (tertiary/aromatic N) is 1. The number of carbonyl (C=O) groups excluding carboxylic acids is 2. The van der Waals surface area contributed by atoms with Gasteiger partial charge in [0, 0.05) is 12.8 Å². The number of carboxylic acids is 1. The molecule has 0 amide bonds. The molecule has 0 aliphatic carbocycles. The van der Waals surface area contributed by atoms with Crippen molar-refractivity contribution in [2.45, 2.75) is 296 Å². The molecule has 2 unspecified atom stereocenters. The van der Waals surface area contributed by atoms with Crippen molar-refractivity contribution >= 4 is 17.9 Å². The van der Waals surface area contributed by atoms with Crippen molar-refractivity contribution in [1.82, 2.24) is 0 Å². The summed E-state index contributed by atoms with van der Waals surface area (Å²) in [6.07, 6.45) is 78.2. The Kier molecular flexibility index (Phi) is 57.9. The van der Waals surface area contributed by atoms with E-state index < -0.39 is 24.3 Å². The van der Waals surface area contributed by atoms with Crippen LogP contribution in [0.3, 0.4) is 0 Å². The van der Waals surface area contributed by atoms with Crippen molar-refractivity contribution in [3.05, 3.63) is 85.1 Å². The quantitative estimate of drug-likeness (QED) is 0.0211. The van der Waals surface area contributed by atoms with Crippen LogP contribution in [-0.2, 0) is 33.3 Å². The van der Waals surface area contributed by atoms with Gasteiger partial charge in [-0.05, 0) is 89.9 Å². The van der Waals surface area contributed by atoms with E-state index in [-0.39, 0.29) is 32.2 Å². The summed E-state index contributed by atoms with van der Waals surface area (Å²) in [6, 6.07) is 0. The van der Waals surface area contributed by atoms with Gasteiger partial charge < -0.3 is 28.5 Å². The first-order chi connectivity index (χ1) is 38.6. The number of carbonyl (C=O) groups is 3. The van der Waals surface area contributed by atoms with Crippen molar-refractivity contribution < 1.29 is 42.9 Å². The first-order valence-electron chi connectivity index (χ1n) is 32.8. The zero-order valence-electron chi connectivity index (χ0n) is 52.0. The molecule has 456 valence electrons. The van der Waals surface area contributed by atoms with Crippen molar-refractivity contribution in [3.8, 4) is 0 Å². The number of esters is 2. The topological polar surface area (TPSA) is 108 Å². The van der Waals surface area contributed by atoms with Crippen LogP contribution in [0.5, 0.6) is 0 Å². The molecule has 79 heavy (non-hydrogen) atoms. The van der Waals surface area contributed by atoms with E-state index in [1.807, 2.05) is 21.1 Å². The number of aliphatic carboxylic acids is 1. The molecule has 0 aromatic heterocycles. The number of likely N-dealkylation sites (N-methyl/N-ethyl adjacent to an activating group) is 1. The van der Waals surface area contributed by atoms with Crippen molar-refractivity contribution in [1.29, 1.82) is 0 Å². The van der Waals surface area contributed by atoms with E-state index in [1.165, 1.54) is 180 Å². The molecule has 0 aliphatic rings. The summed E-state index contributed by atoms with van der Waals surface area (Å²) in [6.45, 7) is 4.76. The molecule has 0 heterocycles. The number of hydrogen-bond acceptors (Lipinski definition) is 7. The second-order valence-corrected chi connectivity index (χ2v) is 23.0. The fourth-order valence-electron chi connectivity index (χ4n) is 9.13. The zero-order chi connectivity index (χ0) is 57.6. The Hall–Kier alpha value is -3.53. The van der Waals surface area contributed by atoms with Gasteiger partial charge in [0.2, 0.25) is 0 Å². The van der Waals surface area contributed by atoms with Crippen molar-refractivity contribution in [2.75, 3.05) is 47.5 Å². The third-order valence-electron chi connectivity index (χ3n) is 14.1. The Bertz CT molecular complexity index is 1570. The molecule has 0 radical (unpaired) electrons. The van der Waals surface area contributed by atoms with Gasteiger partial charge in [0.15, 0.2) is 6.10 Å². The molecule has 0 aliphatic heterocycles. The van der Waals surface area contributed by atoms with E-state index in [4.69, 9.17) is 18.9 Å². The maximum Gasteiger partial charge on any atom is 0.361 e. The highest BCUT2D eigenvalue weighted by molar-refractivity contribution is 5.71. The van der Waals surface area contributed by atoms with Gasteiger partial charge in [-0.25, -0.2) is 4.79 Å². The second-order valence-electron chi connectivity index (χ2n) is 23.0. The van der Waals surface area contributed by atoms with Crippen LogP contribution in [0, 0.1) is 0 Å². The summed E-state index contributed by atoms with van der Waals surface area (Å²) in [7, 11) is 5.97. The number of allylic oxidation sites excluding steroid dienone is 14. The van der Waals surface area contributed by atoms with Crippen molar-refractivity contribution in [3.63, 3.8) is 0 Å². The van der Waals surface area contributed by atoms with Crippen LogP contribution in [0.15, 0.2) is 85.1 Å². The summed E-state index contributed by atoms with van der Waals surface area (Å²) in [5.74, 6) is -2.00. The maximum atomic E-state index is 12.9. The highest BCUT2D eigenvalue weighted by Gasteiger charge is 2.25. The van der Waals surface area contributed by atoms with E-state index in [0.29, 0.717) is 17.4 Å². The Morgan fingerprint density at radius 3 is 1.08 bits per heavy atom. The number of hydrogen-bond donors (Lipinski definition) is 1. The lowest BCUT2D eigenvalue weighted by Crippen LogP contribution is -2.40. The normalized spacial score (nSPS) is 13.3. The molecule has 0 bridgehead atoms. The smallest absolute Gasteiger partial charge is 0.361 e. The molecule has 0 saturated heterocycles. The van der Waals surface area contributed by atoms with Crippen LogP contribution in [0.1, 0.15) is 284 Å². The van der Waals surface area contributed by atoms with E-state index in [1.54, 1.807) is 0 Å². The molecule has 0 aromatic rings. The highest BCUT2D eigenvalue weighted by Crippen LogP contribution is 2.17. The van der Waals surface area contributed by atoms with Crippen LogP contribution < -0.4 is 0 Å². The molecular weight excluding hydrogens is 983 g/mol. The second kappa shape index (κ2) is 60.6. The van der Waals surface area contributed by atoms with Gasteiger partial charge in [-0.15, -0.1) is 0 Å². The van der Waals surface area contributed by atoms with Gasteiger partial charge in [-0.3, -0.25) is 9.59 Å². The van der Waals surface area contributed by atoms with E-state index in [0.717, 1.165) is 77.0 Å². The molecule has 9 nitrogen and oxygen atoms in total. The summed E-state index contributed by atoms with van der Waals surface area (Å²) in [5.41, 5.74) is 0. The predicted molar refractivity (Wildman–Crippen MR) is 336 cm³/mol. The molecule has 9 heteroatoms. The fourth-order valence-corrected chi connectivity index (χ4v) is 9.13. The lowest BCUT2D eigenvalue weighted by molar-refractivity contribution is -0.870. The molecular formula is C70H124NO8+. The van der Waals surface area contributed by atoms with Gasteiger partial charge in [0.25, 0.3) is 6.29 Å². The molecule has 0 fully saturated rings. The van der Waals surface area contributed by atoms with Crippen LogP contribution in [0.2, 0.25) is 0 Å². The predicted octanol–water partition coefficient (Wildman–Crippen LogP) is 19.9. The monoisotopic (exact) mass is 1110 g/mol. The highest BCUT2D eigenvalue weighted by atomic mass is 16.7. The number of carboxylic acid groups (broad SMARTS) is 1. The van der Waals surface area contributed by atoms with Crippen molar-refractivity contribution in [2.24, 2.45) is 0 Å². The average Bonchev–Trinajstić information content (AvgIpc) is 3.42. The minimum Gasteiger partial charge on any atom is -0.477 e. The Labute approximate surface area is 487 Å². The minimum atomic E-state index is -1.51. The van der Waals surface area contributed by atoms with E-state index in [2.05, 4.69) is 98.9 Å². The molecule has 0 aromatic carbocycles. The summed E-state index contributed by atoms with van der Waals surface area (Å²) < 4.78 is 22.9. The minimum absolute atomic E-state index is 0.184. The number of unbranched alkanes of at least 4 members (excludes halogenated alkanes) is 31. The first kappa shape index (κ1) is 75.5. The third-order valence-corrected chi connectivity index (χ3v) is 14.1. The summed E-state index contributed by atoms with van der Waals surface area (Å²) >= 11 is 0. The van der Waals surface area contributed by atoms with Gasteiger partial charge in [0.05, 0.1) is 34.4 Å². The Balaban J connectivity index is 4.08. The van der Waals surface area contributed by atoms with E-state index in [9.17, 15) is 19.5 Å². The van der Waals surface area contributed by atoms with Crippen LogP contribution >= 0.6 is 0 Å². The maximum absolute atomic E-state index is 12.9. The third kappa shape index (κ3) is 61.9. The Morgan fingerprint density at radius 2 is 0.722 bits per heavy atom. The average molecular weight is 1110 g/mol. The number of ether oxygens (including phenoxy) is 4. The van der Waals surface area contributed by atoms with Gasteiger partial charge in [-0.2, -0.15) is 0 Å². The van der Waals surface area contributed by atoms with Crippen LogP contribution in [0.4, 0.5) is 0 Å². The zero-order valence-corrected chi connectivity index (χ0v) is 52.0. The summed E-state index contributed by atoms with van der Waals surface area (Å²) in [4.78, 5) is 37.5. The Morgan fingerprint density at radius 1 is 0.392 bits per heavy atom. The van der Waals surface area contributed by atoms with Gasteiger partial charge >= 0.3 is 17.9 Å². The largest absolute Gasteiger partial charge is 0.477 e. The van der Waals surface area contributed by atoms with E-state index >= 15 is 0 Å². The number of quaternary nitrogens is 1. The molecule has 0 spiro atoms. The standard InChI is InChI=1S/C70H123NO8/c1-6-8-10-12-14-16-18-20-22-24-26-27-28-29-30-31-32-33-34-35-36-37-38-39-40-41-43-45-47-49-51-53-55-57-59-61-68(73)79-66(65-78-70(69(74)75)76-63-62-71(3,4)5)64-77-67(72)60-58-56-54-52-50-48-46-44-42-25-23-21-19-17-15-13-11-9-7-2/h8,10,14-17,20-23,26-27,29-30,66,70H,6-7,9,11-13,18-19,24-25,28,31-65H2,1-5H3/p+1/b10-8-,16-14-,17-15-,22-20-,23-21-,27-26-,30-29-. The molecule has 0 rings (SSSR count). The molecule has 0 saturated carbocycles. The van der Waals surface area contributed by atoms with Gasteiger partial charge in [-0.1, -0.05) is 266 Å². The van der Waals surface area contributed by atoms with Crippen LogP contribution in [-0.4, -0.2) is 87.4 Å². The summed E-state index contributed by atoms with van der Waals surface area (Å²) in [5, 5.41) is 9.73. The lowest BCUT2D eigenvalue weighted by Gasteiger charge is -2.25. The first-order valence-corrected chi connectivity index (χ1v) is 32.8.